The van der Waals surface area contributed by atoms with Gasteiger partial charge < -0.3 is 5.32 Å². The molecule has 184 valence electrons. The van der Waals surface area contributed by atoms with Crippen molar-refractivity contribution in [2.75, 3.05) is 11.9 Å². The lowest BCUT2D eigenvalue weighted by Gasteiger charge is -2.59. The number of amides is 2. The van der Waals surface area contributed by atoms with Crippen LogP contribution in [0.5, 0.6) is 0 Å². The van der Waals surface area contributed by atoms with Crippen LogP contribution in [0.1, 0.15) is 90.7 Å². The van der Waals surface area contributed by atoms with Crippen molar-refractivity contribution in [3.05, 3.63) is 41.1 Å². The summed E-state index contributed by atoms with van der Waals surface area (Å²) in [5, 5.41) is 3.32. The van der Waals surface area contributed by atoms with Gasteiger partial charge in [0.2, 0.25) is 0 Å². The first-order valence-corrected chi connectivity index (χ1v) is 13.4. The third-order valence-electron chi connectivity index (χ3n) is 10.1. The van der Waals surface area contributed by atoms with E-state index < -0.39 is 0 Å². The first-order chi connectivity index (χ1) is 15.9. The number of likely N-dealkylation sites (tertiary alicyclic amines) is 1. The summed E-state index contributed by atoms with van der Waals surface area (Å²) in [6.07, 6.45) is 9.71. The number of hydrogen-bond acceptors (Lipinski definition) is 2. The number of aryl methyl sites for hydroxylation is 1. The number of anilines is 1. The standard InChI is InChI=1S/C30H42N2O2/c1-19-9-7-10-24(28(2,3)4)26(19)31-27(34)32-18-21-22-11-8-14-29(22,5)15-13-23(21)30(6)16-12-20(33)17-25(30)32/h7,9-10,17,21-23H,8,11-16,18H2,1-6H3,(H,31,34)/t21-,22-,23-,29-,30+/m0/s1. The molecule has 1 heterocycles. The summed E-state index contributed by atoms with van der Waals surface area (Å²) in [6, 6.07) is 6.18. The molecule has 4 nitrogen and oxygen atoms in total. The van der Waals surface area contributed by atoms with E-state index >= 15 is 0 Å². The summed E-state index contributed by atoms with van der Waals surface area (Å²) >= 11 is 0. The van der Waals surface area contributed by atoms with Gasteiger partial charge in [0.25, 0.3) is 0 Å². The summed E-state index contributed by atoms with van der Waals surface area (Å²) in [5.41, 5.74) is 4.35. The van der Waals surface area contributed by atoms with E-state index in [0.29, 0.717) is 29.6 Å². The van der Waals surface area contributed by atoms with E-state index in [1.807, 2.05) is 11.0 Å². The second kappa shape index (κ2) is 7.96. The van der Waals surface area contributed by atoms with Crippen molar-refractivity contribution in [2.45, 2.75) is 91.9 Å². The topological polar surface area (TPSA) is 49.4 Å². The molecule has 0 aromatic heterocycles. The van der Waals surface area contributed by atoms with E-state index in [1.165, 1.54) is 32.1 Å². The maximum absolute atomic E-state index is 14.0. The van der Waals surface area contributed by atoms with Crippen LogP contribution in [-0.4, -0.2) is 23.3 Å². The zero-order valence-corrected chi connectivity index (χ0v) is 22.0. The Morgan fingerprint density at radius 3 is 2.59 bits per heavy atom. The molecule has 1 aliphatic heterocycles. The molecule has 3 fully saturated rings. The summed E-state index contributed by atoms with van der Waals surface area (Å²) in [6.45, 7) is 14.2. The third kappa shape index (κ3) is 3.63. The molecule has 0 bridgehead atoms. The molecule has 0 spiro atoms. The Bertz CT molecular complexity index is 1050. The van der Waals surface area contributed by atoms with Crippen LogP contribution in [0, 0.1) is 35.5 Å². The Balaban J connectivity index is 1.53. The van der Waals surface area contributed by atoms with Gasteiger partial charge in [0.1, 0.15) is 0 Å². The Hall–Kier alpha value is -2.10. The summed E-state index contributed by atoms with van der Waals surface area (Å²) in [7, 11) is 0. The third-order valence-corrected chi connectivity index (χ3v) is 10.1. The van der Waals surface area contributed by atoms with Crippen LogP contribution in [0.4, 0.5) is 10.5 Å². The molecule has 0 unspecified atom stereocenters. The number of hydrogen-bond donors (Lipinski definition) is 1. The van der Waals surface area contributed by atoms with Gasteiger partial charge in [0.15, 0.2) is 5.78 Å². The molecule has 4 heteroatoms. The molecule has 1 aromatic rings. The molecule has 1 aromatic carbocycles. The lowest BCUT2D eigenvalue weighted by Crippen LogP contribution is -2.59. The van der Waals surface area contributed by atoms with Crippen molar-refractivity contribution >= 4 is 17.5 Å². The Morgan fingerprint density at radius 1 is 1.09 bits per heavy atom. The van der Waals surface area contributed by atoms with E-state index in [9.17, 15) is 9.59 Å². The highest BCUT2D eigenvalue weighted by atomic mass is 16.2. The first kappa shape index (κ1) is 23.6. The molecule has 2 saturated carbocycles. The van der Waals surface area contributed by atoms with Crippen LogP contribution in [0.15, 0.2) is 30.0 Å². The number of urea groups is 1. The van der Waals surface area contributed by atoms with E-state index in [4.69, 9.17) is 0 Å². The molecule has 4 aliphatic rings. The summed E-state index contributed by atoms with van der Waals surface area (Å²) < 4.78 is 0. The van der Waals surface area contributed by atoms with Gasteiger partial charge in [0.05, 0.1) is 0 Å². The van der Waals surface area contributed by atoms with Gasteiger partial charge in [-0.05, 0) is 78.7 Å². The summed E-state index contributed by atoms with van der Waals surface area (Å²) in [4.78, 5) is 28.6. The Kier molecular flexibility index (Phi) is 5.53. The zero-order chi connectivity index (χ0) is 24.5. The smallest absolute Gasteiger partial charge is 0.307 e. The number of para-hydroxylation sites is 1. The molecule has 1 N–H and O–H groups in total. The van der Waals surface area contributed by atoms with Crippen molar-refractivity contribution < 1.29 is 9.59 Å². The maximum atomic E-state index is 14.0. The second-order valence-corrected chi connectivity index (χ2v) is 13.2. The molecule has 0 radical (unpaired) electrons. The number of carbonyl (C=O) groups excluding carboxylic acids is 2. The van der Waals surface area contributed by atoms with Gasteiger partial charge in [-0.25, -0.2) is 4.79 Å². The first-order valence-electron chi connectivity index (χ1n) is 13.4. The maximum Gasteiger partial charge on any atom is 0.326 e. The van der Waals surface area contributed by atoms with Crippen molar-refractivity contribution in [1.29, 1.82) is 0 Å². The average Bonchev–Trinajstić information content (AvgIpc) is 3.16. The van der Waals surface area contributed by atoms with Crippen LogP contribution in [0.2, 0.25) is 0 Å². The predicted octanol–water partition coefficient (Wildman–Crippen LogP) is 7.23. The van der Waals surface area contributed by atoms with Crippen LogP contribution in [0.25, 0.3) is 0 Å². The largest absolute Gasteiger partial charge is 0.326 e. The highest BCUT2D eigenvalue weighted by Gasteiger charge is 2.58. The van der Waals surface area contributed by atoms with Crippen molar-refractivity contribution in [2.24, 2.45) is 28.6 Å². The number of carbonyl (C=O) groups is 2. The fourth-order valence-electron chi connectivity index (χ4n) is 8.12. The van der Waals surface area contributed by atoms with Gasteiger partial charge in [-0.15, -0.1) is 0 Å². The predicted molar refractivity (Wildman–Crippen MR) is 138 cm³/mol. The lowest BCUT2D eigenvalue weighted by molar-refractivity contribution is -0.118. The second-order valence-electron chi connectivity index (χ2n) is 13.2. The molecule has 2 amide bonds. The fourth-order valence-corrected chi connectivity index (χ4v) is 8.12. The Morgan fingerprint density at radius 2 is 1.85 bits per heavy atom. The van der Waals surface area contributed by atoms with E-state index in [1.54, 1.807) is 0 Å². The van der Waals surface area contributed by atoms with Gasteiger partial charge in [-0.2, -0.15) is 0 Å². The normalized spacial score (nSPS) is 35.2. The number of ketones is 1. The lowest BCUT2D eigenvalue weighted by atomic mass is 9.50. The van der Waals surface area contributed by atoms with Crippen molar-refractivity contribution in [1.82, 2.24) is 4.90 Å². The number of nitrogens with zero attached hydrogens (tertiary/aromatic N) is 1. The highest BCUT2D eigenvalue weighted by molar-refractivity contribution is 5.96. The minimum atomic E-state index is -0.101. The van der Waals surface area contributed by atoms with Crippen LogP contribution >= 0.6 is 0 Å². The molecule has 3 aliphatic carbocycles. The summed E-state index contributed by atoms with van der Waals surface area (Å²) in [5.74, 6) is 1.93. The number of nitrogens with one attached hydrogen (secondary N) is 1. The molecule has 34 heavy (non-hydrogen) atoms. The van der Waals surface area contributed by atoms with E-state index in [0.717, 1.165) is 35.5 Å². The molecular weight excluding hydrogens is 420 g/mol. The van der Waals surface area contributed by atoms with Crippen LogP contribution < -0.4 is 5.32 Å². The SMILES string of the molecule is Cc1cccc(C(C)(C)C)c1NC(=O)N1C[C@H]2[C@@H]3CCC[C@@]3(C)CC[C@@H]2[C@@]2(C)CCC(=O)C=C12. The average molecular weight is 463 g/mol. The van der Waals surface area contributed by atoms with Gasteiger partial charge in [0, 0.05) is 35.8 Å². The Labute approximate surface area is 205 Å². The molecule has 1 saturated heterocycles. The van der Waals surface area contributed by atoms with Crippen molar-refractivity contribution in [3.8, 4) is 0 Å². The van der Waals surface area contributed by atoms with Gasteiger partial charge in [-0.3, -0.25) is 9.69 Å². The fraction of sp³-hybridized carbons (Fsp3) is 0.667. The minimum absolute atomic E-state index is 0.0734. The van der Waals surface area contributed by atoms with Crippen molar-refractivity contribution in [3.63, 3.8) is 0 Å². The highest BCUT2D eigenvalue weighted by Crippen LogP contribution is 2.64. The van der Waals surface area contributed by atoms with Gasteiger partial charge >= 0.3 is 6.03 Å². The molecular formula is C30H42N2O2. The van der Waals surface area contributed by atoms with Gasteiger partial charge in [-0.1, -0.05) is 59.2 Å². The minimum Gasteiger partial charge on any atom is -0.307 e. The van der Waals surface area contributed by atoms with E-state index in [-0.39, 0.29) is 22.6 Å². The number of rotatable bonds is 1. The number of allylic oxidation sites excluding steroid dienone is 2. The van der Waals surface area contributed by atoms with Crippen LogP contribution in [0.3, 0.4) is 0 Å². The zero-order valence-electron chi connectivity index (χ0n) is 22.0. The monoisotopic (exact) mass is 462 g/mol. The molecule has 5 rings (SSSR count). The number of piperidine rings is 1. The molecule has 5 atom stereocenters. The quantitative estimate of drug-likeness (QED) is 0.479. The number of benzene rings is 1. The number of fused-ring (bicyclic) bond motifs is 5. The van der Waals surface area contributed by atoms with E-state index in [2.05, 4.69) is 65.1 Å². The van der Waals surface area contributed by atoms with Crippen LogP contribution in [-0.2, 0) is 10.2 Å².